The van der Waals surface area contributed by atoms with Gasteiger partial charge in [0.25, 0.3) is 0 Å². The maximum atomic E-state index is 10.4. The number of primary amides is 1. The van der Waals surface area contributed by atoms with Crippen molar-refractivity contribution >= 4 is 6.03 Å². The van der Waals surface area contributed by atoms with Gasteiger partial charge in [-0.2, -0.15) is 0 Å². The summed E-state index contributed by atoms with van der Waals surface area (Å²) in [5.74, 6) is 0.837. The molecule has 3 N–H and O–H groups in total. The summed E-state index contributed by atoms with van der Waals surface area (Å²) in [6.45, 7) is 2.49. The summed E-state index contributed by atoms with van der Waals surface area (Å²) < 4.78 is 5.60. The molecule has 1 aromatic carbocycles. The van der Waals surface area contributed by atoms with Crippen LogP contribution >= 0.6 is 0 Å². The van der Waals surface area contributed by atoms with Crippen molar-refractivity contribution in [3.63, 3.8) is 0 Å². The van der Waals surface area contributed by atoms with E-state index in [1.165, 1.54) is 0 Å². The Balaban J connectivity index is 2.24. The Morgan fingerprint density at radius 1 is 1.47 bits per heavy atom. The first-order valence-corrected chi connectivity index (χ1v) is 4.93. The van der Waals surface area contributed by atoms with E-state index in [1.807, 2.05) is 37.3 Å². The third-order valence-corrected chi connectivity index (χ3v) is 1.93. The first-order chi connectivity index (χ1) is 7.18. The van der Waals surface area contributed by atoms with Crippen LogP contribution in [0.3, 0.4) is 0 Å². The molecule has 0 heterocycles. The smallest absolute Gasteiger partial charge is 0.312 e. The normalized spacial score (nSPS) is 11.8. The summed E-state index contributed by atoms with van der Waals surface area (Å²) in [6.07, 6.45) is 0.789. The number of amides is 2. The van der Waals surface area contributed by atoms with Crippen molar-refractivity contribution in [1.29, 1.82) is 0 Å². The zero-order valence-corrected chi connectivity index (χ0v) is 8.77. The number of nitrogens with two attached hydrogens (primary N) is 1. The van der Waals surface area contributed by atoms with Gasteiger partial charge in [0.15, 0.2) is 0 Å². The average Bonchev–Trinajstić information content (AvgIpc) is 2.18. The molecule has 0 radical (unpaired) electrons. The van der Waals surface area contributed by atoms with Crippen molar-refractivity contribution in [2.24, 2.45) is 5.73 Å². The monoisotopic (exact) mass is 208 g/mol. The Bertz CT molecular complexity index is 301. The van der Waals surface area contributed by atoms with Gasteiger partial charge in [-0.05, 0) is 19.1 Å². The van der Waals surface area contributed by atoms with Crippen LogP contribution in [-0.2, 0) is 0 Å². The molecule has 4 nitrogen and oxygen atoms in total. The van der Waals surface area contributed by atoms with Gasteiger partial charge in [-0.1, -0.05) is 18.2 Å². The third kappa shape index (κ3) is 4.90. The maximum Gasteiger partial charge on any atom is 0.312 e. The number of urea groups is 1. The molecule has 4 heteroatoms. The molecule has 0 aliphatic carbocycles. The molecule has 1 unspecified atom stereocenters. The number of carbonyl (C=O) groups is 1. The van der Waals surface area contributed by atoms with Gasteiger partial charge in [0, 0.05) is 13.0 Å². The zero-order chi connectivity index (χ0) is 11.1. The fourth-order valence-corrected chi connectivity index (χ4v) is 1.19. The molecular weight excluding hydrogens is 192 g/mol. The Labute approximate surface area is 89.4 Å². The molecule has 0 aliphatic rings. The highest BCUT2D eigenvalue weighted by molar-refractivity contribution is 5.71. The highest BCUT2D eigenvalue weighted by Gasteiger charge is 2.03. The number of rotatable bonds is 5. The summed E-state index contributed by atoms with van der Waals surface area (Å²) in [5, 5.41) is 2.52. The Morgan fingerprint density at radius 3 is 2.73 bits per heavy atom. The molecule has 0 aromatic heterocycles. The summed E-state index contributed by atoms with van der Waals surface area (Å²) in [4.78, 5) is 10.4. The number of hydrogen-bond donors (Lipinski definition) is 2. The number of carbonyl (C=O) groups excluding carboxylic acids is 1. The Hall–Kier alpha value is -1.71. The molecular formula is C11H16N2O2. The van der Waals surface area contributed by atoms with Gasteiger partial charge in [0.1, 0.15) is 5.75 Å². The second-order valence-corrected chi connectivity index (χ2v) is 3.32. The van der Waals surface area contributed by atoms with Crippen molar-refractivity contribution < 1.29 is 9.53 Å². The van der Waals surface area contributed by atoms with E-state index in [9.17, 15) is 4.79 Å². The lowest BCUT2D eigenvalue weighted by molar-refractivity contribution is 0.208. The topological polar surface area (TPSA) is 64.3 Å². The van der Waals surface area contributed by atoms with Crippen LogP contribution in [0.4, 0.5) is 4.79 Å². The highest BCUT2D eigenvalue weighted by atomic mass is 16.5. The van der Waals surface area contributed by atoms with Crippen molar-refractivity contribution in [3.05, 3.63) is 30.3 Å². The molecule has 1 rings (SSSR count). The van der Waals surface area contributed by atoms with Crippen LogP contribution in [0.5, 0.6) is 5.75 Å². The molecule has 15 heavy (non-hydrogen) atoms. The predicted octanol–water partition coefficient (Wildman–Crippen LogP) is 1.51. The van der Waals surface area contributed by atoms with E-state index in [0.717, 1.165) is 12.2 Å². The van der Waals surface area contributed by atoms with Gasteiger partial charge in [-0.15, -0.1) is 0 Å². The number of nitrogens with one attached hydrogen (secondary N) is 1. The SMILES string of the molecule is CC(CCNC(N)=O)Oc1ccccc1. The third-order valence-electron chi connectivity index (χ3n) is 1.93. The van der Waals surface area contributed by atoms with Gasteiger partial charge in [-0.3, -0.25) is 0 Å². The molecule has 0 bridgehead atoms. The Morgan fingerprint density at radius 2 is 2.13 bits per heavy atom. The summed E-state index contributed by atoms with van der Waals surface area (Å²) >= 11 is 0. The maximum absolute atomic E-state index is 10.4. The van der Waals surface area contributed by atoms with E-state index in [4.69, 9.17) is 10.5 Å². The second-order valence-electron chi connectivity index (χ2n) is 3.32. The van der Waals surface area contributed by atoms with Crippen LogP contribution in [0, 0.1) is 0 Å². The molecule has 82 valence electrons. The number of para-hydroxylation sites is 1. The van der Waals surface area contributed by atoms with Crippen molar-refractivity contribution in [3.8, 4) is 5.75 Å². The number of hydrogen-bond acceptors (Lipinski definition) is 2. The van der Waals surface area contributed by atoms with Crippen LogP contribution in [0.25, 0.3) is 0 Å². The summed E-state index contributed by atoms with van der Waals surface area (Å²) in [7, 11) is 0. The minimum atomic E-state index is -0.498. The van der Waals surface area contributed by atoms with Crippen LogP contribution in [0.2, 0.25) is 0 Å². The van der Waals surface area contributed by atoms with Crippen LogP contribution < -0.4 is 15.8 Å². The number of benzene rings is 1. The first-order valence-electron chi connectivity index (χ1n) is 4.93. The second kappa shape index (κ2) is 5.90. The lowest BCUT2D eigenvalue weighted by Gasteiger charge is -2.14. The largest absolute Gasteiger partial charge is 0.491 e. The lowest BCUT2D eigenvalue weighted by atomic mass is 10.3. The fraction of sp³-hybridized carbons (Fsp3) is 0.364. The van der Waals surface area contributed by atoms with Gasteiger partial charge in [0.05, 0.1) is 6.10 Å². The zero-order valence-electron chi connectivity index (χ0n) is 8.77. The van der Waals surface area contributed by atoms with E-state index in [0.29, 0.717) is 6.54 Å². The minimum Gasteiger partial charge on any atom is -0.491 e. The lowest BCUT2D eigenvalue weighted by Crippen LogP contribution is -2.32. The van der Waals surface area contributed by atoms with Crippen LogP contribution in [0.1, 0.15) is 13.3 Å². The van der Waals surface area contributed by atoms with E-state index in [-0.39, 0.29) is 6.10 Å². The molecule has 0 aliphatic heterocycles. The summed E-state index contributed by atoms with van der Waals surface area (Å²) in [6, 6.07) is 9.08. The van der Waals surface area contributed by atoms with Gasteiger partial charge in [-0.25, -0.2) is 4.79 Å². The molecule has 0 fully saturated rings. The van der Waals surface area contributed by atoms with Gasteiger partial charge in [0.2, 0.25) is 0 Å². The Kier molecular flexibility index (Phi) is 4.47. The van der Waals surface area contributed by atoms with E-state index < -0.39 is 6.03 Å². The first kappa shape index (κ1) is 11.4. The average molecular weight is 208 g/mol. The molecule has 0 saturated heterocycles. The summed E-state index contributed by atoms with van der Waals surface area (Å²) in [5.41, 5.74) is 4.94. The van der Waals surface area contributed by atoms with Crippen molar-refractivity contribution in [2.45, 2.75) is 19.4 Å². The molecule has 2 amide bonds. The number of ether oxygens (including phenoxy) is 1. The standard InChI is InChI=1S/C11H16N2O2/c1-9(7-8-13-11(12)14)15-10-5-3-2-4-6-10/h2-6,9H,7-8H2,1H3,(H3,12,13,14). The molecule has 1 atom stereocenters. The fourth-order valence-electron chi connectivity index (χ4n) is 1.19. The molecule has 1 aromatic rings. The van der Waals surface area contributed by atoms with Crippen molar-refractivity contribution in [1.82, 2.24) is 5.32 Å². The molecule has 0 spiro atoms. The van der Waals surface area contributed by atoms with Gasteiger partial charge >= 0.3 is 6.03 Å². The van der Waals surface area contributed by atoms with Crippen LogP contribution in [-0.4, -0.2) is 18.7 Å². The van der Waals surface area contributed by atoms with E-state index in [2.05, 4.69) is 5.32 Å². The van der Waals surface area contributed by atoms with Crippen LogP contribution in [0.15, 0.2) is 30.3 Å². The predicted molar refractivity (Wildman–Crippen MR) is 58.7 cm³/mol. The highest BCUT2D eigenvalue weighted by Crippen LogP contribution is 2.11. The van der Waals surface area contributed by atoms with Gasteiger partial charge < -0.3 is 15.8 Å². The van der Waals surface area contributed by atoms with E-state index in [1.54, 1.807) is 0 Å². The quantitative estimate of drug-likeness (QED) is 0.770. The molecule has 0 saturated carbocycles. The van der Waals surface area contributed by atoms with E-state index >= 15 is 0 Å². The van der Waals surface area contributed by atoms with Crippen molar-refractivity contribution in [2.75, 3.05) is 6.54 Å². The minimum absolute atomic E-state index is 0.0549.